The first kappa shape index (κ1) is 15.0. The molecule has 0 radical (unpaired) electrons. The van der Waals surface area contributed by atoms with Gasteiger partial charge in [-0.1, -0.05) is 24.3 Å². The zero-order valence-electron chi connectivity index (χ0n) is 13.3. The van der Waals surface area contributed by atoms with Crippen molar-refractivity contribution < 1.29 is 4.74 Å². The third-order valence-corrected chi connectivity index (χ3v) is 5.20. The van der Waals surface area contributed by atoms with Gasteiger partial charge in [-0.05, 0) is 57.2 Å². The van der Waals surface area contributed by atoms with Gasteiger partial charge in [0.25, 0.3) is 0 Å². The molecule has 1 aromatic carbocycles. The minimum Gasteiger partial charge on any atom is -0.375 e. The Morgan fingerprint density at radius 2 is 1.86 bits per heavy atom. The van der Waals surface area contributed by atoms with Gasteiger partial charge in [0.15, 0.2) is 0 Å². The number of benzene rings is 1. The Morgan fingerprint density at radius 3 is 2.52 bits per heavy atom. The van der Waals surface area contributed by atoms with Gasteiger partial charge in [-0.15, -0.1) is 0 Å². The summed E-state index contributed by atoms with van der Waals surface area (Å²) in [6, 6.07) is 8.88. The summed E-state index contributed by atoms with van der Waals surface area (Å²) in [5.41, 5.74) is 9.37. The topological polar surface area (TPSA) is 38.5 Å². The molecule has 2 heterocycles. The molecule has 2 unspecified atom stereocenters. The average Bonchev–Trinajstić information content (AvgIpc) is 2.68. The SMILES string of the molecule is CC1CC(CN)(N2CCCc3ccccc3C2)CC(C)O1. The van der Waals surface area contributed by atoms with Crippen molar-refractivity contribution in [2.45, 2.75) is 63.8 Å². The minimum absolute atomic E-state index is 0.106. The summed E-state index contributed by atoms with van der Waals surface area (Å²) in [4.78, 5) is 2.65. The van der Waals surface area contributed by atoms with E-state index in [4.69, 9.17) is 10.5 Å². The molecule has 116 valence electrons. The summed E-state index contributed by atoms with van der Waals surface area (Å²) in [6.07, 6.45) is 5.12. The molecule has 0 aliphatic carbocycles. The quantitative estimate of drug-likeness (QED) is 0.909. The smallest absolute Gasteiger partial charge is 0.0568 e. The van der Waals surface area contributed by atoms with Gasteiger partial charge in [0.1, 0.15) is 0 Å². The van der Waals surface area contributed by atoms with Gasteiger partial charge in [-0.3, -0.25) is 4.90 Å². The van der Waals surface area contributed by atoms with E-state index in [1.165, 1.54) is 24.0 Å². The van der Waals surface area contributed by atoms with Crippen molar-refractivity contribution in [3.8, 4) is 0 Å². The molecule has 2 N–H and O–H groups in total. The summed E-state index contributed by atoms with van der Waals surface area (Å²) in [7, 11) is 0. The largest absolute Gasteiger partial charge is 0.375 e. The van der Waals surface area contributed by atoms with E-state index in [0.29, 0.717) is 12.2 Å². The second-order valence-corrected chi connectivity index (χ2v) is 6.89. The summed E-state index contributed by atoms with van der Waals surface area (Å²) in [5.74, 6) is 0. The van der Waals surface area contributed by atoms with Crippen LogP contribution in [0, 0.1) is 0 Å². The van der Waals surface area contributed by atoms with Crippen LogP contribution in [0.5, 0.6) is 0 Å². The lowest BCUT2D eigenvalue weighted by molar-refractivity contribution is -0.105. The first-order valence-corrected chi connectivity index (χ1v) is 8.30. The van der Waals surface area contributed by atoms with Gasteiger partial charge in [0.05, 0.1) is 12.2 Å². The zero-order valence-corrected chi connectivity index (χ0v) is 13.3. The molecule has 2 aliphatic rings. The second-order valence-electron chi connectivity index (χ2n) is 6.89. The molecule has 2 aliphatic heterocycles. The summed E-state index contributed by atoms with van der Waals surface area (Å²) < 4.78 is 5.95. The number of hydrogen-bond acceptors (Lipinski definition) is 3. The lowest BCUT2D eigenvalue weighted by Gasteiger charge is -2.49. The van der Waals surface area contributed by atoms with Crippen molar-refractivity contribution in [2.75, 3.05) is 13.1 Å². The Balaban J connectivity index is 1.87. The Hall–Kier alpha value is -0.900. The Kier molecular flexibility index (Phi) is 4.34. The molecule has 0 aromatic heterocycles. The maximum atomic E-state index is 6.27. The number of aryl methyl sites for hydroxylation is 1. The highest BCUT2D eigenvalue weighted by Gasteiger charge is 2.42. The van der Waals surface area contributed by atoms with Crippen LogP contribution in [0.4, 0.5) is 0 Å². The molecule has 2 atom stereocenters. The van der Waals surface area contributed by atoms with E-state index in [2.05, 4.69) is 43.0 Å². The second kappa shape index (κ2) is 6.07. The van der Waals surface area contributed by atoms with Crippen molar-refractivity contribution in [3.05, 3.63) is 35.4 Å². The third-order valence-electron chi connectivity index (χ3n) is 5.20. The predicted octanol–water partition coefficient (Wildman–Crippen LogP) is 2.72. The fourth-order valence-corrected chi connectivity index (χ4v) is 4.31. The number of hydrogen-bond donors (Lipinski definition) is 1. The van der Waals surface area contributed by atoms with Crippen molar-refractivity contribution in [1.29, 1.82) is 0 Å². The molecule has 21 heavy (non-hydrogen) atoms. The van der Waals surface area contributed by atoms with Crippen LogP contribution < -0.4 is 5.73 Å². The fraction of sp³-hybridized carbons (Fsp3) is 0.667. The summed E-state index contributed by atoms with van der Waals surface area (Å²) in [5, 5.41) is 0. The molecule has 1 aromatic rings. The van der Waals surface area contributed by atoms with Crippen LogP contribution >= 0.6 is 0 Å². The monoisotopic (exact) mass is 288 g/mol. The normalized spacial score (nSPS) is 34.2. The van der Waals surface area contributed by atoms with Crippen LogP contribution in [0.2, 0.25) is 0 Å². The molecular weight excluding hydrogens is 260 g/mol. The van der Waals surface area contributed by atoms with Gasteiger partial charge in [0.2, 0.25) is 0 Å². The highest BCUT2D eigenvalue weighted by molar-refractivity contribution is 5.28. The Morgan fingerprint density at radius 1 is 1.19 bits per heavy atom. The molecule has 0 spiro atoms. The number of ether oxygens (including phenoxy) is 1. The number of rotatable bonds is 2. The van der Waals surface area contributed by atoms with Crippen LogP contribution in [-0.4, -0.2) is 35.7 Å². The van der Waals surface area contributed by atoms with E-state index in [1.54, 1.807) is 0 Å². The number of fused-ring (bicyclic) bond motifs is 1. The van der Waals surface area contributed by atoms with Crippen molar-refractivity contribution >= 4 is 0 Å². The first-order chi connectivity index (χ1) is 10.1. The van der Waals surface area contributed by atoms with Crippen LogP contribution in [0.25, 0.3) is 0 Å². The fourth-order valence-electron chi connectivity index (χ4n) is 4.31. The zero-order chi connectivity index (χ0) is 14.9. The molecule has 3 nitrogen and oxygen atoms in total. The molecule has 3 rings (SSSR count). The molecule has 0 saturated carbocycles. The van der Waals surface area contributed by atoms with Gasteiger partial charge >= 0.3 is 0 Å². The van der Waals surface area contributed by atoms with E-state index < -0.39 is 0 Å². The molecule has 0 bridgehead atoms. The van der Waals surface area contributed by atoms with Crippen LogP contribution in [0.1, 0.15) is 44.2 Å². The molecular formula is C18H28N2O. The number of nitrogens with two attached hydrogens (primary N) is 1. The molecule has 3 heteroatoms. The molecule has 1 saturated heterocycles. The standard InChI is InChI=1S/C18H28N2O/c1-14-10-18(13-19,11-15(2)21-14)20-9-5-8-16-6-3-4-7-17(16)12-20/h3-4,6-7,14-15H,5,8-13,19H2,1-2H3. The van der Waals surface area contributed by atoms with Crippen molar-refractivity contribution in [3.63, 3.8) is 0 Å². The van der Waals surface area contributed by atoms with Crippen LogP contribution in [-0.2, 0) is 17.7 Å². The molecule has 0 amide bonds. The highest BCUT2D eigenvalue weighted by Crippen LogP contribution is 2.36. The van der Waals surface area contributed by atoms with E-state index >= 15 is 0 Å². The van der Waals surface area contributed by atoms with Gasteiger partial charge in [0, 0.05) is 18.6 Å². The predicted molar refractivity (Wildman–Crippen MR) is 86.2 cm³/mol. The van der Waals surface area contributed by atoms with E-state index in [9.17, 15) is 0 Å². The lowest BCUT2D eigenvalue weighted by Crippen LogP contribution is -2.59. The van der Waals surface area contributed by atoms with E-state index in [1.807, 2.05) is 0 Å². The van der Waals surface area contributed by atoms with Crippen molar-refractivity contribution in [2.24, 2.45) is 5.73 Å². The van der Waals surface area contributed by atoms with E-state index in [-0.39, 0.29) is 5.54 Å². The van der Waals surface area contributed by atoms with Crippen LogP contribution in [0.3, 0.4) is 0 Å². The number of nitrogens with zero attached hydrogens (tertiary/aromatic N) is 1. The summed E-state index contributed by atoms with van der Waals surface area (Å²) >= 11 is 0. The highest BCUT2D eigenvalue weighted by atomic mass is 16.5. The Labute approximate surface area is 128 Å². The van der Waals surface area contributed by atoms with Crippen LogP contribution in [0.15, 0.2) is 24.3 Å². The first-order valence-electron chi connectivity index (χ1n) is 8.30. The third kappa shape index (κ3) is 3.01. The molecule has 1 fully saturated rings. The maximum absolute atomic E-state index is 6.27. The summed E-state index contributed by atoms with van der Waals surface area (Å²) in [6.45, 7) is 7.28. The minimum atomic E-state index is 0.106. The van der Waals surface area contributed by atoms with Gasteiger partial charge in [-0.25, -0.2) is 0 Å². The van der Waals surface area contributed by atoms with Gasteiger partial charge < -0.3 is 10.5 Å². The van der Waals surface area contributed by atoms with E-state index in [0.717, 1.165) is 32.5 Å². The lowest BCUT2D eigenvalue weighted by atomic mass is 9.82. The maximum Gasteiger partial charge on any atom is 0.0568 e. The van der Waals surface area contributed by atoms with Crippen molar-refractivity contribution in [1.82, 2.24) is 4.90 Å². The average molecular weight is 288 g/mol. The Bertz CT molecular complexity index is 478. The van der Waals surface area contributed by atoms with Gasteiger partial charge in [-0.2, -0.15) is 0 Å².